The Balaban J connectivity index is 1.94. The van der Waals surface area contributed by atoms with Gasteiger partial charge in [0, 0.05) is 25.0 Å². The van der Waals surface area contributed by atoms with Gasteiger partial charge in [-0.25, -0.2) is 4.79 Å². The van der Waals surface area contributed by atoms with Crippen molar-refractivity contribution in [1.29, 1.82) is 0 Å². The summed E-state index contributed by atoms with van der Waals surface area (Å²) in [7, 11) is 0. The van der Waals surface area contributed by atoms with Gasteiger partial charge in [0.1, 0.15) is 5.60 Å². The number of nitrogens with two attached hydrogens (primary N) is 1. The van der Waals surface area contributed by atoms with Gasteiger partial charge in [-0.3, -0.25) is 4.98 Å². The van der Waals surface area contributed by atoms with E-state index >= 15 is 0 Å². The topological polar surface area (TPSA) is 93.0 Å². The van der Waals surface area contributed by atoms with Crippen LogP contribution in [0.2, 0.25) is 0 Å². The molecular weight excluding hydrogens is 256 g/mol. The Morgan fingerprint density at radius 3 is 3.00 bits per heavy atom. The number of aromatic nitrogens is 2. The van der Waals surface area contributed by atoms with E-state index < -0.39 is 11.7 Å². The van der Waals surface area contributed by atoms with Gasteiger partial charge in [-0.1, -0.05) is 0 Å². The van der Waals surface area contributed by atoms with Crippen LogP contribution in [0.3, 0.4) is 0 Å². The lowest BCUT2D eigenvalue weighted by atomic mass is 10.1. The van der Waals surface area contributed by atoms with Crippen molar-refractivity contribution < 1.29 is 9.53 Å². The molecule has 108 valence electrons. The second-order valence-electron chi connectivity index (χ2n) is 5.67. The summed E-state index contributed by atoms with van der Waals surface area (Å²) in [6, 6.07) is 3.50. The molecule has 4 N–H and O–H groups in total. The number of hydrogen-bond donors (Lipinski definition) is 3. The number of aromatic amines is 1. The summed E-state index contributed by atoms with van der Waals surface area (Å²) in [4.78, 5) is 18.9. The van der Waals surface area contributed by atoms with Crippen LogP contribution in [0.15, 0.2) is 24.5 Å². The molecule has 1 atom stereocenters. The Morgan fingerprint density at radius 2 is 2.30 bits per heavy atom. The highest BCUT2D eigenvalue weighted by atomic mass is 16.6. The van der Waals surface area contributed by atoms with Gasteiger partial charge in [-0.05, 0) is 38.5 Å². The summed E-state index contributed by atoms with van der Waals surface area (Å²) in [6.45, 7) is 5.74. The predicted octanol–water partition coefficient (Wildman–Crippen LogP) is 2.09. The molecule has 1 amide bonds. The predicted molar refractivity (Wildman–Crippen MR) is 77.3 cm³/mol. The van der Waals surface area contributed by atoms with E-state index in [4.69, 9.17) is 10.5 Å². The van der Waals surface area contributed by atoms with Crippen molar-refractivity contribution >= 4 is 17.1 Å². The van der Waals surface area contributed by atoms with Crippen molar-refractivity contribution in [3.05, 3.63) is 30.1 Å². The maximum atomic E-state index is 11.6. The van der Waals surface area contributed by atoms with E-state index in [0.717, 1.165) is 16.6 Å². The van der Waals surface area contributed by atoms with Gasteiger partial charge in [0.15, 0.2) is 0 Å². The fraction of sp³-hybridized carbons (Fsp3) is 0.429. The van der Waals surface area contributed by atoms with E-state index in [1.165, 1.54) is 0 Å². The normalized spacial score (nSPS) is 13.2. The second kappa shape index (κ2) is 5.50. The second-order valence-corrected chi connectivity index (χ2v) is 5.67. The molecule has 0 aromatic carbocycles. The van der Waals surface area contributed by atoms with Crippen molar-refractivity contribution in [2.24, 2.45) is 5.73 Å². The minimum atomic E-state index is -0.515. The van der Waals surface area contributed by atoms with Gasteiger partial charge < -0.3 is 20.8 Å². The first-order valence-electron chi connectivity index (χ1n) is 6.50. The first kappa shape index (κ1) is 14.3. The van der Waals surface area contributed by atoms with Gasteiger partial charge in [0.05, 0.1) is 11.0 Å². The van der Waals surface area contributed by atoms with E-state index in [1.807, 2.05) is 39.1 Å². The van der Waals surface area contributed by atoms with Crippen molar-refractivity contribution in [2.45, 2.75) is 32.4 Å². The Labute approximate surface area is 117 Å². The van der Waals surface area contributed by atoms with Gasteiger partial charge in [0.2, 0.25) is 0 Å². The number of hydrogen-bond acceptors (Lipinski definition) is 4. The van der Waals surface area contributed by atoms with Crippen molar-refractivity contribution in [3.63, 3.8) is 0 Å². The first-order valence-corrected chi connectivity index (χ1v) is 6.50. The minimum absolute atomic E-state index is 0.294. The molecule has 6 nitrogen and oxygen atoms in total. The number of carbonyl (C=O) groups excluding carboxylic acids is 1. The van der Waals surface area contributed by atoms with E-state index in [0.29, 0.717) is 6.54 Å². The summed E-state index contributed by atoms with van der Waals surface area (Å²) in [5.41, 5.74) is 8.20. The third kappa shape index (κ3) is 3.71. The van der Waals surface area contributed by atoms with Gasteiger partial charge in [-0.2, -0.15) is 0 Å². The third-order valence-corrected chi connectivity index (χ3v) is 2.71. The standard InChI is InChI=1S/C14H20N4O2/c1-14(2,3)20-13(19)18-8-10(15)9-6-12-11(17-7-9)4-5-16-12/h4-7,10,16H,8,15H2,1-3H3,(H,18,19). The zero-order valence-corrected chi connectivity index (χ0v) is 11.9. The lowest BCUT2D eigenvalue weighted by Crippen LogP contribution is -2.36. The molecule has 0 aliphatic rings. The zero-order valence-electron chi connectivity index (χ0n) is 11.9. The summed E-state index contributed by atoms with van der Waals surface area (Å²) in [5.74, 6) is 0. The number of ether oxygens (including phenoxy) is 1. The van der Waals surface area contributed by atoms with E-state index in [-0.39, 0.29) is 6.04 Å². The molecule has 6 heteroatoms. The van der Waals surface area contributed by atoms with Crippen molar-refractivity contribution in [3.8, 4) is 0 Å². The van der Waals surface area contributed by atoms with E-state index in [1.54, 1.807) is 6.20 Å². The molecule has 2 rings (SSSR count). The number of fused-ring (bicyclic) bond motifs is 1. The highest BCUT2D eigenvalue weighted by Crippen LogP contribution is 2.15. The van der Waals surface area contributed by atoms with Crippen LogP contribution in [-0.2, 0) is 4.74 Å². The van der Waals surface area contributed by atoms with E-state index in [9.17, 15) is 4.79 Å². The number of nitrogens with one attached hydrogen (secondary N) is 2. The lowest BCUT2D eigenvalue weighted by Gasteiger charge is -2.20. The maximum absolute atomic E-state index is 11.6. The first-order chi connectivity index (χ1) is 9.35. The molecule has 0 radical (unpaired) electrons. The molecule has 2 aromatic heterocycles. The smallest absolute Gasteiger partial charge is 0.407 e. The zero-order chi connectivity index (χ0) is 14.8. The van der Waals surface area contributed by atoms with Gasteiger partial charge in [-0.15, -0.1) is 0 Å². The number of H-pyrrole nitrogens is 1. The molecule has 0 aliphatic heterocycles. The van der Waals surface area contributed by atoms with Crippen LogP contribution in [0.5, 0.6) is 0 Å². The highest BCUT2D eigenvalue weighted by molar-refractivity contribution is 5.75. The Bertz CT molecular complexity index is 600. The van der Waals surface area contributed by atoms with E-state index in [2.05, 4.69) is 15.3 Å². The van der Waals surface area contributed by atoms with Crippen LogP contribution < -0.4 is 11.1 Å². The van der Waals surface area contributed by atoms with Crippen molar-refractivity contribution in [1.82, 2.24) is 15.3 Å². The molecule has 0 fully saturated rings. The van der Waals surface area contributed by atoms with Crippen LogP contribution in [0.1, 0.15) is 32.4 Å². The number of pyridine rings is 1. The molecule has 0 saturated heterocycles. The SMILES string of the molecule is CC(C)(C)OC(=O)NCC(N)c1cnc2cc[nH]c2c1. The molecule has 2 aromatic rings. The number of alkyl carbamates (subject to hydrolysis) is 1. The molecule has 20 heavy (non-hydrogen) atoms. The van der Waals surface area contributed by atoms with Gasteiger partial charge >= 0.3 is 6.09 Å². The summed E-state index contributed by atoms with van der Waals surface area (Å²) >= 11 is 0. The summed E-state index contributed by atoms with van der Waals surface area (Å²) in [5, 5.41) is 2.66. The van der Waals surface area contributed by atoms with Crippen LogP contribution >= 0.6 is 0 Å². The summed E-state index contributed by atoms with van der Waals surface area (Å²) < 4.78 is 5.15. The molecule has 2 heterocycles. The fourth-order valence-electron chi connectivity index (χ4n) is 1.78. The van der Waals surface area contributed by atoms with Gasteiger partial charge in [0.25, 0.3) is 0 Å². The average Bonchev–Trinajstić information content (AvgIpc) is 2.80. The monoisotopic (exact) mass is 276 g/mol. The molecule has 1 unspecified atom stereocenters. The average molecular weight is 276 g/mol. The molecule has 0 bridgehead atoms. The maximum Gasteiger partial charge on any atom is 0.407 e. The highest BCUT2D eigenvalue weighted by Gasteiger charge is 2.17. The number of carbonyl (C=O) groups is 1. The number of rotatable bonds is 3. The Morgan fingerprint density at radius 1 is 1.55 bits per heavy atom. The Kier molecular flexibility index (Phi) is 3.94. The largest absolute Gasteiger partial charge is 0.444 e. The number of nitrogens with zero attached hydrogens (tertiary/aromatic N) is 1. The van der Waals surface area contributed by atoms with Crippen LogP contribution in [-0.4, -0.2) is 28.2 Å². The Hall–Kier alpha value is -2.08. The number of amides is 1. The molecule has 0 spiro atoms. The van der Waals surface area contributed by atoms with Crippen molar-refractivity contribution in [2.75, 3.05) is 6.54 Å². The van der Waals surface area contributed by atoms with Crippen LogP contribution in [0, 0.1) is 0 Å². The van der Waals surface area contributed by atoms with Crippen LogP contribution in [0.4, 0.5) is 4.79 Å². The third-order valence-electron chi connectivity index (χ3n) is 2.71. The summed E-state index contributed by atoms with van der Waals surface area (Å²) in [6.07, 6.45) is 3.07. The minimum Gasteiger partial charge on any atom is -0.444 e. The molecule has 0 aliphatic carbocycles. The quantitative estimate of drug-likeness (QED) is 0.800. The fourth-order valence-corrected chi connectivity index (χ4v) is 1.78. The van der Waals surface area contributed by atoms with Crippen LogP contribution in [0.25, 0.3) is 11.0 Å². The molecule has 0 saturated carbocycles. The molecular formula is C14H20N4O2. The lowest BCUT2D eigenvalue weighted by molar-refractivity contribution is 0.0524.